The van der Waals surface area contributed by atoms with Gasteiger partial charge >= 0.3 is 10.2 Å². The highest BCUT2D eigenvalue weighted by Crippen LogP contribution is 2.24. The van der Waals surface area contributed by atoms with E-state index in [1.807, 2.05) is 18.4 Å². The molecule has 1 fully saturated rings. The van der Waals surface area contributed by atoms with Crippen molar-refractivity contribution in [3.63, 3.8) is 0 Å². The Bertz CT molecular complexity index is 548. The van der Waals surface area contributed by atoms with Crippen molar-refractivity contribution >= 4 is 27.7 Å². The van der Waals surface area contributed by atoms with Gasteiger partial charge in [-0.2, -0.15) is 12.7 Å². The van der Waals surface area contributed by atoms with Crippen molar-refractivity contribution in [2.45, 2.75) is 30.2 Å². The summed E-state index contributed by atoms with van der Waals surface area (Å²) in [4.78, 5) is 1.00. The van der Waals surface area contributed by atoms with E-state index < -0.39 is 10.2 Å². The Hall–Kier alpha value is -0.760. The van der Waals surface area contributed by atoms with E-state index >= 15 is 0 Å². The first-order chi connectivity index (χ1) is 9.56. The smallest absolute Gasteiger partial charge is 0.301 e. The summed E-state index contributed by atoms with van der Waals surface area (Å²) < 4.78 is 28.8. The Morgan fingerprint density at radius 3 is 2.95 bits per heavy atom. The fourth-order valence-corrected chi connectivity index (χ4v) is 4.30. The first kappa shape index (κ1) is 15.6. The van der Waals surface area contributed by atoms with Gasteiger partial charge < -0.3 is 5.11 Å². The van der Waals surface area contributed by atoms with Crippen LogP contribution >= 0.6 is 11.8 Å². The lowest BCUT2D eigenvalue weighted by Crippen LogP contribution is -2.47. The lowest BCUT2D eigenvalue weighted by Gasteiger charge is -2.33. The minimum atomic E-state index is -3.61. The molecule has 0 spiro atoms. The number of thioether (sulfide) groups is 1. The van der Waals surface area contributed by atoms with Crippen LogP contribution in [0.4, 0.5) is 5.69 Å². The van der Waals surface area contributed by atoms with E-state index in [-0.39, 0.29) is 12.6 Å². The van der Waals surface area contributed by atoms with E-state index in [0.717, 1.165) is 17.7 Å². The molecular formula is C13H20N2O3S2. The highest BCUT2D eigenvalue weighted by atomic mass is 32.2. The molecule has 0 saturated carbocycles. The quantitative estimate of drug-likeness (QED) is 0.814. The molecule has 2 N–H and O–H groups in total. The summed E-state index contributed by atoms with van der Waals surface area (Å²) >= 11 is 1.56. The average molecular weight is 316 g/mol. The second-order valence-electron chi connectivity index (χ2n) is 4.78. The molecule has 112 valence electrons. The number of nitrogens with one attached hydrogen (secondary N) is 1. The van der Waals surface area contributed by atoms with Crippen LogP contribution in [-0.4, -0.2) is 43.3 Å². The van der Waals surface area contributed by atoms with Crippen LogP contribution < -0.4 is 4.72 Å². The molecule has 0 aliphatic carbocycles. The number of aliphatic hydroxyl groups is 1. The molecule has 0 aromatic heterocycles. The highest BCUT2D eigenvalue weighted by Gasteiger charge is 2.31. The van der Waals surface area contributed by atoms with Gasteiger partial charge in [0, 0.05) is 17.5 Å². The lowest BCUT2D eigenvalue weighted by atomic mass is 10.1. The summed E-state index contributed by atoms with van der Waals surface area (Å²) in [6.45, 7) is 0.328. The number of benzene rings is 1. The SMILES string of the molecule is CSc1cccc(NS(=O)(=O)N2CCCCC2CO)c1. The first-order valence-corrected chi connectivity index (χ1v) is 9.28. The van der Waals surface area contributed by atoms with Crippen LogP contribution in [0.15, 0.2) is 29.2 Å². The van der Waals surface area contributed by atoms with E-state index in [0.29, 0.717) is 18.7 Å². The molecule has 1 heterocycles. The fraction of sp³-hybridized carbons (Fsp3) is 0.538. The predicted molar refractivity (Wildman–Crippen MR) is 82.2 cm³/mol. The van der Waals surface area contributed by atoms with Gasteiger partial charge in [0.1, 0.15) is 0 Å². The summed E-state index contributed by atoms with van der Waals surface area (Å²) in [7, 11) is -3.61. The van der Waals surface area contributed by atoms with E-state index in [2.05, 4.69) is 4.72 Å². The summed E-state index contributed by atoms with van der Waals surface area (Å²) in [6, 6.07) is 6.98. The molecule has 1 atom stereocenters. The number of hydrogen-bond acceptors (Lipinski definition) is 4. The second-order valence-corrected chi connectivity index (χ2v) is 7.28. The molecule has 1 aliphatic rings. The molecule has 5 nitrogen and oxygen atoms in total. The maximum Gasteiger partial charge on any atom is 0.301 e. The molecular weight excluding hydrogens is 296 g/mol. The van der Waals surface area contributed by atoms with Crippen LogP contribution in [0.25, 0.3) is 0 Å². The Morgan fingerprint density at radius 2 is 2.25 bits per heavy atom. The van der Waals surface area contributed by atoms with Crippen LogP contribution in [0.2, 0.25) is 0 Å². The predicted octanol–water partition coefficient (Wildman–Crippen LogP) is 1.91. The number of aliphatic hydroxyl groups excluding tert-OH is 1. The molecule has 1 saturated heterocycles. The van der Waals surface area contributed by atoms with Crippen LogP contribution in [0.1, 0.15) is 19.3 Å². The minimum Gasteiger partial charge on any atom is -0.395 e. The van der Waals surface area contributed by atoms with Gasteiger partial charge in [0.2, 0.25) is 0 Å². The summed E-state index contributed by atoms with van der Waals surface area (Å²) in [5.41, 5.74) is 0.555. The lowest BCUT2D eigenvalue weighted by molar-refractivity contribution is 0.156. The Kier molecular flexibility index (Phi) is 5.31. The zero-order valence-electron chi connectivity index (χ0n) is 11.4. The summed E-state index contributed by atoms with van der Waals surface area (Å²) in [5, 5.41) is 9.34. The Labute approximate surface area is 124 Å². The van der Waals surface area contributed by atoms with Crippen molar-refractivity contribution in [2.75, 3.05) is 24.1 Å². The standard InChI is InChI=1S/C13H20N2O3S2/c1-19-13-7-4-5-11(9-13)14-20(17,18)15-8-3-2-6-12(15)10-16/h4-5,7,9,12,14,16H,2-3,6,8,10H2,1H3. The molecule has 0 amide bonds. The molecule has 0 radical (unpaired) electrons. The fourth-order valence-electron chi connectivity index (χ4n) is 2.37. The number of hydrogen-bond donors (Lipinski definition) is 2. The van der Waals surface area contributed by atoms with E-state index in [9.17, 15) is 13.5 Å². The van der Waals surface area contributed by atoms with Gasteiger partial charge in [-0.25, -0.2) is 0 Å². The van der Waals surface area contributed by atoms with Crippen LogP contribution in [0.3, 0.4) is 0 Å². The van der Waals surface area contributed by atoms with Crippen LogP contribution in [-0.2, 0) is 10.2 Å². The number of piperidine rings is 1. The van der Waals surface area contributed by atoms with Gasteiger partial charge in [0.25, 0.3) is 0 Å². The topological polar surface area (TPSA) is 69.6 Å². The second kappa shape index (κ2) is 6.80. The first-order valence-electron chi connectivity index (χ1n) is 6.61. The molecule has 20 heavy (non-hydrogen) atoms. The third-order valence-electron chi connectivity index (χ3n) is 3.41. The third kappa shape index (κ3) is 3.66. The van der Waals surface area contributed by atoms with E-state index in [4.69, 9.17) is 0 Å². The van der Waals surface area contributed by atoms with Crippen molar-refractivity contribution in [3.8, 4) is 0 Å². The van der Waals surface area contributed by atoms with Gasteiger partial charge in [0.15, 0.2) is 0 Å². The zero-order chi connectivity index (χ0) is 14.6. The Balaban J connectivity index is 2.17. The van der Waals surface area contributed by atoms with Crippen molar-refractivity contribution in [1.82, 2.24) is 4.31 Å². The van der Waals surface area contributed by atoms with Crippen molar-refractivity contribution in [1.29, 1.82) is 0 Å². The minimum absolute atomic E-state index is 0.133. The number of anilines is 1. The van der Waals surface area contributed by atoms with Gasteiger partial charge in [0.05, 0.1) is 12.3 Å². The maximum absolute atomic E-state index is 12.4. The average Bonchev–Trinajstić information content (AvgIpc) is 2.47. The van der Waals surface area contributed by atoms with E-state index in [1.165, 1.54) is 4.31 Å². The monoisotopic (exact) mass is 316 g/mol. The van der Waals surface area contributed by atoms with Gasteiger partial charge in [-0.1, -0.05) is 12.5 Å². The summed E-state index contributed by atoms with van der Waals surface area (Å²) in [5.74, 6) is 0. The van der Waals surface area contributed by atoms with Gasteiger partial charge in [-0.3, -0.25) is 4.72 Å². The molecule has 1 aromatic carbocycles. The largest absolute Gasteiger partial charge is 0.395 e. The van der Waals surface area contributed by atoms with Crippen molar-refractivity contribution < 1.29 is 13.5 Å². The highest BCUT2D eigenvalue weighted by molar-refractivity contribution is 7.98. The van der Waals surface area contributed by atoms with Gasteiger partial charge in [-0.15, -0.1) is 11.8 Å². The number of nitrogens with zero attached hydrogens (tertiary/aromatic N) is 1. The number of rotatable bonds is 5. The van der Waals surface area contributed by atoms with Crippen molar-refractivity contribution in [3.05, 3.63) is 24.3 Å². The normalized spacial score (nSPS) is 20.8. The molecule has 1 aliphatic heterocycles. The maximum atomic E-state index is 12.4. The Morgan fingerprint density at radius 1 is 1.45 bits per heavy atom. The zero-order valence-corrected chi connectivity index (χ0v) is 13.1. The molecule has 1 aromatic rings. The molecule has 2 rings (SSSR count). The third-order valence-corrected chi connectivity index (χ3v) is 5.73. The summed E-state index contributed by atoms with van der Waals surface area (Å²) in [6.07, 6.45) is 4.45. The van der Waals surface area contributed by atoms with Gasteiger partial charge in [-0.05, 0) is 37.3 Å². The van der Waals surface area contributed by atoms with Crippen LogP contribution in [0.5, 0.6) is 0 Å². The van der Waals surface area contributed by atoms with Crippen molar-refractivity contribution in [2.24, 2.45) is 0 Å². The van der Waals surface area contributed by atoms with Crippen LogP contribution in [0, 0.1) is 0 Å². The molecule has 0 bridgehead atoms. The molecule has 1 unspecified atom stereocenters. The van der Waals surface area contributed by atoms with E-state index in [1.54, 1.807) is 23.9 Å². The molecule has 7 heteroatoms.